The number of benzene rings is 1. The summed E-state index contributed by atoms with van der Waals surface area (Å²) in [6, 6.07) is 8.41. The Bertz CT molecular complexity index is 486. The quantitative estimate of drug-likeness (QED) is 0.893. The van der Waals surface area contributed by atoms with Crippen molar-refractivity contribution in [3.63, 3.8) is 0 Å². The zero-order chi connectivity index (χ0) is 13.3. The Morgan fingerprint density at radius 1 is 1.11 bits per heavy atom. The predicted molar refractivity (Wildman–Crippen MR) is 73.0 cm³/mol. The third kappa shape index (κ3) is 2.45. The average molecular weight is 267 g/mol. The fraction of sp³-hybridized carbons (Fsp3) is 0.571. The van der Waals surface area contributed by atoms with Gasteiger partial charge in [-0.3, -0.25) is 0 Å². The van der Waals surface area contributed by atoms with E-state index in [-0.39, 0.29) is 12.0 Å². The standard InChI is InChI=1S/C14H21NO2S/c1-10-8-11(2)14(13(15)9-10)18(16,17)12-6-4-3-5-7-12/h3-7,10-11,13-14H,8-9,15H2,1-2H3. The van der Waals surface area contributed by atoms with Crippen molar-refractivity contribution in [3.8, 4) is 0 Å². The third-order valence-electron chi connectivity index (χ3n) is 3.86. The molecular formula is C14H21NO2S. The molecule has 1 aromatic carbocycles. The van der Waals surface area contributed by atoms with Crippen LogP contribution in [-0.4, -0.2) is 19.7 Å². The SMILES string of the molecule is CC1CC(C)C(S(=O)(=O)c2ccccc2)C(N)C1. The highest BCUT2D eigenvalue weighted by Crippen LogP contribution is 2.35. The van der Waals surface area contributed by atoms with Crippen LogP contribution in [0.15, 0.2) is 35.2 Å². The lowest BCUT2D eigenvalue weighted by Gasteiger charge is -2.37. The zero-order valence-corrected chi connectivity index (χ0v) is 11.7. The summed E-state index contributed by atoms with van der Waals surface area (Å²) >= 11 is 0. The largest absolute Gasteiger partial charge is 0.326 e. The minimum Gasteiger partial charge on any atom is -0.326 e. The first-order chi connectivity index (χ1) is 8.43. The summed E-state index contributed by atoms with van der Waals surface area (Å²) in [5, 5.41) is -0.448. The van der Waals surface area contributed by atoms with Gasteiger partial charge < -0.3 is 5.73 Å². The average Bonchev–Trinajstić information content (AvgIpc) is 2.28. The molecule has 0 radical (unpaired) electrons. The Labute approximate surface area is 109 Å². The third-order valence-corrected chi connectivity index (χ3v) is 6.32. The number of hydrogen-bond acceptors (Lipinski definition) is 3. The normalized spacial score (nSPS) is 33.3. The van der Waals surface area contributed by atoms with Crippen LogP contribution in [0.1, 0.15) is 26.7 Å². The molecule has 4 unspecified atom stereocenters. The highest BCUT2D eigenvalue weighted by molar-refractivity contribution is 7.92. The molecule has 0 aromatic heterocycles. The van der Waals surface area contributed by atoms with E-state index in [9.17, 15) is 8.42 Å². The summed E-state index contributed by atoms with van der Waals surface area (Å²) in [5.41, 5.74) is 6.10. The second-order valence-electron chi connectivity index (χ2n) is 5.54. The Kier molecular flexibility index (Phi) is 3.78. The Morgan fingerprint density at radius 2 is 1.72 bits per heavy atom. The minimum atomic E-state index is -3.31. The molecule has 4 atom stereocenters. The molecule has 0 spiro atoms. The van der Waals surface area contributed by atoms with E-state index in [1.807, 2.05) is 13.0 Å². The molecule has 0 saturated heterocycles. The van der Waals surface area contributed by atoms with Gasteiger partial charge in [0.2, 0.25) is 0 Å². The van der Waals surface area contributed by atoms with Crippen LogP contribution in [-0.2, 0) is 9.84 Å². The van der Waals surface area contributed by atoms with Crippen molar-refractivity contribution in [2.45, 2.75) is 42.9 Å². The number of hydrogen-bond donors (Lipinski definition) is 1. The second kappa shape index (κ2) is 5.02. The van der Waals surface area contributed by atoms with E-state index >= 15 is 0 Å². The van der Waals surface area contributed by atoms with Crippen molar-refractivity contribution in [1.29, 1.82) is 0 Å². The molecular weight excluding hydrogens is 246 g/mol. The van der Waals surface area contributed by atoms with Crippen molar-refractivity contribution >= 4 is 9.84 Å². The molecule has 0 aliphatic heterocycles. The van der Waals surface area contributed by atoms with Crippen LogP contribution in [0.4, 0.5) is 0 Å². The first-order valence-electron chi connectivity index (χ1n) is 6.47. The van der Waals surface area contributed by atoms with Crippen LogP contribution in [0.3, 0.4) is 0 Å². The molecule has 0 bridgehead atoms. The first kappa shape index (κ1) is 13.6. The maximum absolute atomic E-state index is 12.6. The molecule has 1 aliphatic rings. The van der Waals surface area contributed by atoms with Gasteiger partial charge in [-0.15, -0.1) is 0 Å². The van der Waals surface area contributed by atoms with Crippen molar-refractivity contribution in [3.05, 3.63) is 30.3 Å². The summed E-state index contributed by atoms with van der Waals surface area (Å²) in [4.78, 5) is 0.395. The summed E-state index contributed by atoms with van der Waals surface area (Å²) < 4.78 is 25.3. The lowest BCUT2D eigenvalue weighted by atomic mass is 9.80. The fourth-order valence-electron chi connectivity index (χ4n) is 3.19. The Hall–Kier alpha value is -0.870. The van der Waals surface area contributed by atoms with Gasteiger partial charge >= 0.3 is 0 Å². The molecule has 2 N–H and O–H groups in total. The molecule has 1 fully saturated rings. The van der Waals surface area contributed by atoms with Crippen LogP contribution >= 0.6 is 0 Å². The summed E-state index contributed by atoms with van der Waals surface area (Å²) in [5.74, 6) is 0.631. The van der Waals surface area contributed by atoms with E-state index in [4.69, 9.17) is 5.73 Å². The van der Waals surface area contributed by atoms with Gasteiger partial charge in [-0.25, -0.2) is 8.42 Å². The second-order valence-corrected chi connectivity index (χ2v) is 7.65. The summed E-state index contributed by atoms with van der Waals surface area (Å²) in [6.07, 6.45) is 1.73. The van der Waals surface area contributed by atoms with Gasteiger partial charge in [-0.2, -0.15) is 0 Å². The predicted octanol–water partition coefficient (Wildman–Crippen LogP) is 2.22. The highest BCUT2D eigenvalue weighted by atomic mass is 32.2. The zero-order valence-electron chi connectivity index (χ0n) is 10.9. The van der Waals surface area contributed by atoms with E-state index in [2.05, 4.69) is 6.92 Å². The molecule has 1 aromatic rings. The Morgan fingerprint density at radius 3 is 2.28 bits per heavy atom. The van der Waals surface area contributed by atoms with Crippen molar-refractivity contribution in [2.75, 3.05) is 0 Å². The van der Waals surface area contributed by atoms with Crippen LogP contribution in [0, 0.1) is 11.8 Å². The van der Waals surface area contributed by atoms with Gasteiger partial charge in [0.15, 0.2) is 9.84 Å². The molecule has 0 heterocycles. The van der Waals surface area contributed by atoms with E-state index in [1.165, 1.54) is 0 Å². The number of rotatable bonds is 2. The minimum absolute atomic E-state index is 0.119. The lowest BCUT2D eigenvalue weighted by molar-refractivity contribution is 0.271. The van der Waals surface area contributed by atoms with Gasteiger partial charge in [-0.1, -0.05) is 32.0 Å². The molecule has 0 amide bonds. The molecule has 2 rings (SSSR count). The molecule has 4 heteroatoms. The molecule has 1 saturated carbocycles. The van der Waals surface area contributed by atoms with E-state index < -0.39 is 15.1 Å². The number of nitrogens with two attached hydrogens (primary N) is 1. The van der Waals surface area contributed by atoms with Gasteiger partial charge in [0.1, 0.15) is 0 Å². The van der Waals surface area contributed by atoms with E-state index in [1.54, 1.807) is 24.3 Å². The van der Waals surface area contributed by atoms with E-state index in [0.29, 0.717) is 10.8 Å². The maximum atomic E-state index is 12.6. The summed E-state index contributed by atoms with van der Waals surface area (Å²) in [7, 11) is -3.31. The smallest absolute Gasteiger partial charge is 0.183 e. The van der Waals surface area contributed by atoms with Gasteiger partial charge in [0, 0.05) is 6.04 Å². The monoisotopic (exact) mass is 267 g/mol. The van der Waals surface area contributed by atoms with Gasteiger partial charge in [0.25, 0.3) is 0 Å². The summed E-state index contributed by atoms with van der Waals surface area (Å²) in [6.45, 7) is 4.14. The lowest BCUT2D eigenvalue weighted by Crippen LogP contribution is -2.49. The topological polar surface area (TPSA) is 60.2 Å². The maximum Gasteiger partial charge on any atom is 0.183 e. The number of sulfone groups is 1. The van der Waals surface area contributed by atoms with Crippen molar-refractivity contribution in [1.82, 2.24) is 0 Å². The highest BCUT2D eigenvalue weighted by Gasteiger charge is 2.41. The van der Waals surface area contributed by atoms with Crippen LogP contribution < -0.4 is 5.73 Å². The fourth-order valence-corrected chi connectivity index (χ4v) is 5.33. The van der Waals surface area contributed by atoms with Crippen LogP contribution in [0.25, 0.3) is 0 Å². The van der Waals surface area contributed by atoms with Crippen LogP contribution in [0.5, 0.6) is 0 Å². The molecule has 1 aliphatic carbocycles. The first-order valence-corrected chi connectivity index (χ1v) is 8.02. The van der Waals surface area contributed by atoms with Gasteiger partial charge in [-0.05, 0) is 36.8 Å². The van der Waals surface area contributed by atoms with Gasteiger partial charge in [0.05, 0.1) is 10.1 Å². The molecule has 100 valence electrons. The Balaban J connectivity index is 2.36. The molecule has 3 nitrogen and oxygen atoms in total. The van der Waals surface area contributed by atoms with E-state index in [0.717, 1.165) is 12.8 Å². The molecule has 18 heavy (non-hydrogen) atoms. The van der Waals surface area contributed by atoms with Crippen molar-refractivity contribution in [2.24, 2.45) is 17.6 Å². The van der Waals surface area contributed by atoms with Crippen molar-refractivity contribution < 1.29 is 8.42 Å². The van der Waals surface area contributed by atoms with Crippen LogP contribution in [0.2, 0.25) is 0 Å².